The van der Waals surface area contributed by atoms with Crippen molar-refractivity contribution in [3.8, 4) is 0 Å². The summed E-state index contributed by atoms with van der Waals surface area (Å²) in [6.07, 6.45) is 0.716. The second-order valence-corrected chi connectivity index (χ2v) is 3.84. The summed E-state index contributed by atoms with van der Waals surface area (Å²) in [5.41, 5.74) is 0.127. The SMILES string of the molecule is COCCOCCCNc1cc(F)cc([N+](=O)[O-])c1. The van der Waals surface area contributed by atoms with Crippen LogP contribution in [0.3, 0.4) is 0 Å². The highest BCUT2D eigenvalue weighted by Gasteiger charge is 2.09. The molecule has 0 aromatic heterocycles. The van der Waals surface area contributed by atoms with Gasteiger partial charge < -0.3 is 14.8 Å². The van der Waals surface area contributed by atoms with Crippen LogP contribution in [-0.4, -0.2) is 38.4 Å². The van der Waals surface area contributed by atoms with Gasteiger partial charge in [0.1, 0.15) is 5.82 Å². The number of methoxy groups -OCH3 is 1. The van der Waals surface area contributed by atoms with Crippen LogP contribution in [0.4, 0.5) is 15.8 Å². The number of anilines is 1. The molecule has 7 heteroatoms. The van der Waals surface area contributed by atoms with Gasteiger partial charge in [-0.2, -0.15) is 0 Å². The van der Waals surface area contributed by atoms with E-state index in [1.165, 1.54) is 12.1 Å². The Balaban J connectivity index is 2.31. The maximum Gasteiger partial charge on any atom is 0.274 e. The molecule has 0 aliphatic carbocycles. The number of nitrogens with zero attached hydrogens (tertiary/aromatic N) is 1. The lowest BCUT2D eigenvalue weighted by Crippen LogP contribution is -2.08. The first-order valence-electron chi connectivity index (χ1n) is 5.89. The molecule has 1 aromatic carbocycles. The number of nitro groups is 1. The highest BCUT2D eigenvalue weighted by molar-refractivity contribution is 5.51. The van der Waals surface area contributed by atoms with Crippen LogP contribution in [0.5, 0.6) is 0 Å². The van der Waals surface area contributed by atoms with E-state index in [1.807, 2.05) is 0 Å². The van der Waals surface area contributed by atoms with Crippen molar-refractivity contribution in [2.75, 3.05) is 38.8 Å². The maximum atomic E-state index is 13.1. The molecule has 6 nitrogen and oxygen atoms in total. The molecule has 0 fully saturated rings. The van der Waals surface area contributed by atoms with Crippen molar-refractivity contribution < 1.29 is 18.8 Å². The normalized spacial score (nSPS) is 10.4. The van der Waals surface area contributed by atoms with Gasteiger partial charge in [0.2, 0.25) is 0 Å². The summed E-state index contributed by atoms with van der Waals surface area (Å²) < 4.78 is 23.2. The monoisotopic (exact) mass is 272 g/mol. The van der Waals surface area contributed by atoms with Crippen molar-refractivity contribution in [2.45, 2.75) is 6.42 Å². The maximum absolute atomic E-state index is 13.1. The Hall–Kier alpha value is -1.73. The molecule has 0 spiro atoms. The summed E-state index contributed by atoms with van der Waals surface area (Å²) in [6, 6.07) is 3.41. The average Bonchev–Trinajstić information content (AvgIpc) is 2.37. The third kappa shape index (κ3) is 6.12. The fourth-order valence-corrected chi connectivity index (χ4v) is 1.43. The molecule has 0 saturated heterocycles. The lowest BCUT2D eigenvalue weighted by Gasteiger charge is -2.07. The van der Waals surface area contributed by atoms with Gasteiger partial charge in [-0.15, -0.1) is 0 Å². The molecule has 0 aliphatic heterocycles. The predicted molar refractivity (Wildman–Crippen MR) is 68.9 cm³/mol. The van der Waals surface area contributed by atoms with E-state index in [0.29, 0.717) is 38.5 Å². The van der Waals surface area contributed by atoms with Crippen molar-refractivity contribution in [3.05, 3.63) is 34.1 Å². The quantitative estimate of drug-likeness (QED) is 0.424. The molecule has 1 rings (SSSR count). The summed E-state index contributed by atoms with van der Waals surface area (Å²) in [7, 11) is 1.60. The van der Waals surface area contributed by atoms with Crippen LogP contribution >= 0.6 is 0 Å². The number of nitrogens with one attached hydrogen (secondary N) is 1. The fraction of sp³-hybridized carbons (Fsp3) is 0.500. The number of nitro benzene ring substituents is 1. The Kier molecular flexibility index (Phi) is 6.76. The van der Waals surface area contributed by atoms with E-state index in [9.17, 15) is 14.5 Å². The van der Waals surface area contributed by atoms with Crippen LogP contribution in [0.25, 0.3) is 0 Å². The van der Waals surface area contributed by atoms with Gasteiger partial charge >= 0.3 is 0 Å². The number of ether oxygens (including phenoxy) is 2. The van der Waals surface area contributed by atoms with Gasteiger partial charge in [-0.1, -0.05) is 0 Å². The largest absolute Gasteiger partial charge is 0.385 e. The summed E-state index contributed by atoms with van der Waals surface area (Å²) >= 11 is 0. The zero-order chi connectivity index (χ0) is 14.1. The smallest absolute Gasteiger partial charge is 0.274 e. The van der Waals surface area contributed by atoms with Crippen LogP contribution in [0.15, 0.2) is 18.2 Å². The van der Waals surface area contributed by atoms with Crippen LogP contribution in [-0.2, 0) is 9.47 Å². The number of rotatable bonds is 9. The predicted octanol–water partition coefficient (Wildman–Crippen LogP) is 2.20. The molecule has 0 aliphatic rings. The topological polar surface area (TPSA) is 73.6 Å². The number of halogens is 1. The second kappa shape index (κ2) is 8.39. The molecule has 0 saturated carbocycles. The molecule has 0 heterocycles. The number of benzene rings is 1. The molecule has 0 bridgehead atoms. The molecule has 1 N–H and O–H groups in total. The third-order valence-electron chi connectivity index (χ3n) is 2.32. The molecule has 0 unspecified atom stereocenters. The van der Waals surface area contributed by atoms with Crippen LogP contribution < -0.4 is 5.32 Å². The van der Waals surface area contributed by atoms with Crippen LogP contribution in [0, 0.1) is 15.9 Å². The van der Waals surface area contributed by atoms with E-state index in [4.69, 9.17) is 9.47 Å². The molecule has 0 atom stereocenters. The van der Waals surface area contributed by atoms with Crippen molar-refractivity contribution in [2.24, 2.45) is 0 Å². The Morgan fingerprint density at radius 1 is 1.32 bits per heavy atom. The molecule has 1 aromatic rings. The molecule has 106 valence electrons. The van der Waals surface area contributed by atoms with Crippen LogP contribution in [0.1, 0.15) is 6.42 Å². The Morgan fingerprint density at radius 3 is 2.79 bits per heavy atom. The number of hydrogen-bond acceptors (Lipinski definition) is 5. The number of hydrogen-bond donors (Lipinski definition) is 1. The molecular weight excluding hydrogens is 255 g/mol. The minimum Gasteiger partial charge on any atom is -0.385 e. The van der Waals surface area contributed by atoms with E-state index in [-0.39, 0.29) is 5.69 Å². The van der Waals surface area contributed by atoms with E-state index >= 15 is 0 Å². The van der Waals surface area contributed by atoms with Gasteiger partial charge in [-0.3, -0.25) is 10.1 Å². The highest BCUT2D eigenvalue weighted by atomic mass is 19.1. The molecule has 0 radical (unpaired) electrons. The highest BCUT2D eigenvalue weighted by Crippen LogP contribution is 2.19. The Morgan fingerprint density at radius 2 is 2.11 bits per heavy atom. The number of non-ortho nitro benzene ring substituents is 1. The standard InChI is InChI=1S/C12H17FN2O4/c1-18-5-6-19-4-2-3-14-11-7-10(13)8-12(9-11)15(16)17/h7-9,14H,2-6H2,1H3. The molecule has 19 heavy (non-hydrogen) atoms. The summed E-state index contributed by atoms with van der Waals surface area (Å²) in [5, 5.41) is 13.5. The van der Waals surface area contributed by atoms with Gasteiger partial charge in [0, 0.05) is 32.0 Å². The lowest BCUT2D eigenvalue weighted by atomic mass is 10.2. The minimum atomic E-state index is -0.631. The zero-order valence-electron chi connectivity index (χ0n) is 10.7. The van der Waals surface area contributed by atoms with Gasteiger partial charge in [0.25, 0.3) is 5.69 Å². The Labute approximate surface area is 110 Å². The van der Waals surface area contributed by atoms with Gasteiger partial charge in [-0.25, -0.2) is 4.39 Å². The van der Waals surface area contributed by atoms with Crippen LogP contribution in [0.2, 0.25) is 0 Å². The summed E-state index contributed by atoms with van der Waals surface area (Å²) in [6.45, 7) is 2.17. The van der Waals surface area contributed by atoms with Crippen molar-refractivity contribution in [1.82, 2.24) is 0 Å². The van der Waals surface area contributed by atoms with E-state index in [0.717, 1.165) is 6.07 Å². The molecular formula is C12H17FN2O4. The first-order valence-corrected chi connectivity index (χ1v) is 5.89. The van der Waals surface area contributed by atoms with E-state index in [2.05, 4.69) is 5.32 Å². The molecule has 0 amide bonds. The van der Waals surface area contributed by atoms with Gasteiger partial charge in [-0.05, 0) is 12.5 Å². The zero-order valence-corrected chi connectivity index (χ0v) is 10.7. The van der Waals surface area contributed by atoms with E-state index < -0.39 is 10.7 Å². The third-order valence-corrected chi connectivity index (χ3v) is 2.32. The summed E-state index contributed by atoms with van der Waals surface area (Å²) in [5.74, 6) is -0.631. The lowest BCUT2D eigenvalue weighted by molar-refractivity contribution is -0.385. The fourth-order valence-electron chi connectivity index (χ4n) is 1.43. The van der Waals surface area contributed by atoms with Crippen molar-refractivity contribution in [3.63, 3.8) is 0 Å². The van der Waals surface area contributed by atoms with Crippen molar-refractivity contribution in [1.29, 1.82) is 0 Å². The second-order valence-electron chi connectivity index (χ2n) is 3.84. The van der Waals surface area contributed by atoms with Gasteiger partial charge in [0.05, 0.1) is 24.2 Å². The minimum absolute atomic E-state index is 0.265. The summed E-state index contributed by atoms with van der Waals surface area (Å²) in [4.78, 5) is 9.94. The Bertz CT molecular complexity index is 415. The first-order chi connectivity index (χ1) is 9.13. The first kappa shape index (κ1) is 15.3. The van der Waals surface area contributed by atoms with Gasteiger partial charge in [0.15, 0.2) is 0 Å². The average molecular weight is 272 g/mol. The van der Waals surface area contributed by atoms with E-state index in [1.54, 1.807) is 7.11 Å². The van der Waals surface area contributed by atoms with Crippen molar-refractivity contribution >= 4 is 11.4 Å².